The second kappa shape index (κ2) is 4.22. The van der Waals surface area contributed by atoms with Crippen molar-refractivity contribution in [1.29, 1.82) is 0 Å². The molecule has 0 amide bonds. The highest BCUT2D eigenvalue weighted by Gasteiger charge is 2.41. The maximum atomic E-state index is 10.5. The van der Waals surface area contributed by atoms with Crippen molar-refractivity contribution in [3.8, 4) is 0 Å². The Bertz CT molecular complexity index is 186. The fraction of sp³-hybridized carbons (Fsp3) is 1.00. The summed E-state index contributed by atoms with van der Waals surface area (Å²) < 4.78 is 0. The van der Waals surface area contributed by atoms with E-state index in [1.807, 2.05) is 0 Å². The molecule has 0 bridgehead atoms. The van der Waals surface area contributed by atoms with E-state index in [1.54, 1.807) is 0 Å². The van der Waals surface area contributed by atoms with Gasteiger partial charge in [0.15, 0.2) is 0 Å². The normalized spacial score (nSPS) is 37.1. The van der Waals surface area contributed by atoms with Gasteiger partial charge in [0.1, 0.15) is 0 Å². The van der Waals surface area contributed by atoms with Crippen LogP contribution in [0.5, 0.6) is 0 Å². The Labute approximate surface area is 88.9 Å². The molecule has 1 aliphatic carbocycles. The molecule has 0 aromatic rings. The van der Waals surface area contributed by atoms with Gasteiger partial charge in [-0.1, -0.05) is 40.5 Å². The number of hydrogen-bond acceptors (Lipinski definition) is 1. The van der Waals surface area contributed by atoms with E-state index >= 15 is 0 Å². The van der Waals surface area contributed by atoms with Crippen LogP contribution in [0, 0.1) is 11.3 Å². The van der Waals surface area contributed by atoms with E-state index in [0.717, 1.165) is 12.8 Å². The molecule has 1 rings (SSSR count). The molecule has 0 saturated heterocycles. The van der Waals surface area contributed by atoms with Gasteiger partial charge >= 0.3 is 0 Å². The molecule has 1 aliphatic rings. The van der Waals surface area contributed by atoms with E-state index < -0.39 is 0 Å². The molecular weight excluding hydrogens is 172 g/mol. The predicted molar refractivity (Wildman–Crippen MR) is 61.3 cm³/mol. The first kappa shape index (κ1) is 12.0. The summed E-state index contributed by atoms with van der Waals surface area (Å²) in [6.45, 7) is 9.06. The van der Waals surface area contributed by atoms with Gasteiger partial charge in [-0.2, -0.15) is 0 Å². The fourth-order valence-corrected chi connectivity index (χ4v) is 2.78. The van der Waals surface area contributed by atoms with E-state index in [0.29, 0.717) is 11.3 Å². The third-order valence-electron chi connectivity index (χ3n) is 3.97. The predicted octanol–water partition coefficient (Wildman–Crippen LogP) is 3.75. The highest BCUT2D eigenvalue weighted by molar-refractivity contribution is 4.93. The quantitative estimate of drug-likeness (QED) is 0.732. The van der Waals surface area contributed by atoms with Crippen LogP contribution in [0.1, 0.15) is 66.2 Å². The number of unbranched alkanes of at least 4 members (excludes halogenated alkanes) is 1. The van der Waals surface area contributed by atoms with Crippen LogP contribution in [0.4, 0.5) is 0 Å². The lowest BCUT2D eigenvalue weighted by molar-refractivity contribution is -0.0777. The van der Waals surface area contributed by atoms with Crippen LogP contribution in [0.3, 0.4) is 0 Å². The van der Waals surface area contributed by atoms with Crippen molar-refractivity contribution in [3.63, 3.8) is 0 Å². The second-order valence-corrected chi connectivity index (χ2v) is 5.98. The zero-order valence-electron chi connectivity index (χ0n) is 10.3. The summed E-state index contributed by atoms with van der Waals surface area (Å²) in [5.41, 5.74) is 0.0867. The molecule has 0 aromatic heterocycles. The van der Waals surface area contributed by atoms with Crippen LogP contribution < -0.4 is 0 Å². The minimum Gasteiger partial charge on any atom is -0.390 e. The molecule has 0 heterocycles. The minimum absolute atomic E-state index is 0.356. The Morgan fingerprint density at radius 3 is 2.43 bits per heavy atom. The average Bonchev–Trinajstić information content (AvgIpc) is 2.09. The Balaban J connectivity index is 2.55. The largest absolute Gasteiger partial charge is 0.390 e. The van der Waals surface area contributed by atoms with Gasteiger partial charge in [-0.3, -0.25) is 0 Å². The molecule has 0 radical (unpaired) electrons. The van der Waals surface area contributed by atoms with Crippen molar-refractivity contribution in [3.05, 3.63) is 0 Å². The van der Waals surface area contributed by atoms with Gasteiger partial charge < -0.3 is 5.11 Å². The first-order chi connectivity index (χ1) is 6.40. The fourth-order valence-electron chi connectivity index (χ4n) is 2.78. The van der Waals surface area contributed by atoms with Crippen molar-refractivity contribution in [2.45, 2.75) is 71.8 Å². The molecule has 0 aromatic carbocycles. The van der Waals surface area contributed by atoms with Gasteiger partial charge in [-0.25, -0.2) is 0 Å². The van der Waals surface area contributed by atoms with Crippen molar-refractivity contribution in [2.75, 3.05) is 0 Å². The maximum Gasteiger partial charge on any atom is 0.0673 e. The summed E-state index contributed by atoms with van der Waals surface area (Å²) in [7, 11) is 0. The van der Waals surface area contributed by atoms with Gasteiger partial charge in [-0.05, 0) is 37.0 Å². The standard InChI is InChI=1S/C13H26O/c1-5-6-7-13(14)9-8-12(3,4)10-11(13)2/h11,14H,5-10H2,1-4H3. The van der Waals surface area contributed by atoms with Crippen LogP contribution in [-0.4, -0.2) is 10.7 Å². The molecule has 0 spiro atoms. The summed E-state index contributed by atoms with van der Waals surface area (Å²) in [5.74, 6) is 0.470. The van der Waals surface area contributed by atoms with Crippen LogP contribution in [-0.2, 0) is 0 Å². The summed E-state index contributed by atoms with van der Waals surface area (Å²) in [6.07, 6.45) is 6.71. The molecule has 1 fully saturated rings. The molecule has 1 heteroatoms. The van der Waals surface area contributed by atoms with E-state index in [-0.39, 0.29) is 5.60 Å². The molecule has 1 saturated carbocycles. The van der Waals surface area contributed by atoms with E-state index in [9.17, 15) is 5.11 Å². The van der Waals surface area contributed by atoms with Crippen LogP contribution >= 0.6 is 0 Å². The lowest BCUT2D eigenvalue weighted by Gasteiger charge is -2.45. The van der Waals surface area contributed by atoms with Crippen LogP contribution in [0.15, 0.2) is 0 Å². The van der Waals surface area contributed by atoms with Crippen molar-refractivity contribution < 1.29 is 5.11 Å². The zero-order valence-corrected chi connectivity index (χ0v) is 10.3. The third kappa shape index (κ3) is 2.73. The average molecular weight is 198 g/mol. The monoisotopic (exact) mass is 198 g/mol. The lowest BCUT2D eigenvalue weighted by Crippen LogP contribution is -2.43. The van der Waals surface area contributed by atoms with Crippen LogP contribution in [0.25, 0.3) is 0 Å². The topological polar surface area (TPSA) is 20.2 Å². The lowest BCUT2D eigenvalue weighted by atomic mass is 9.64. The van der Waals surface area contributed by atoms with Crippen LogP contribution in [0.2, 0.25) is 0 Å². The molecule has 1 N–H and O–H groups in total. The minimum atomic E-state index is -0.356. The van der Waals surface area contributed by atoms with Crippen molar-refractivity contribution >= 4 is 0 Å². The molecular formula is C13H26O. The van der Waals surface area contributed by atoms with E-state index in [1.165, 1.54) is 25.7 Å². The maximum absolute atomic E-state index is 10.5. The molecule has 1 nitrogen and oxygen atoms in total. The Kier molecular flexibility index (Phi) is 3.63. The smallest absolute Gasteiger partial charge is 0.0673 e. The van der Waals surface area contributed by atoms with Gasteiger partial charge in [0.25, 0.3) is 0 Å². The molecule has 84 valence electrons. The summed E-state index contributed by atoms with van der Waals surface area (Å²) in [4.78, 5) is 0. The SMILES string of the molecule is CCCCC1(O)CCC(C)(C)CC1C. The zero-order chi connectivity index (χ0) is 10.8. The van der Waals surface area contributed by atoms with Gasteiger partial charge in [0.05, 0.1) is 5.60 Å². The summed E-state index contributed by atoms with van der Waals surface area (Å²) in [5, 5.41) is 10.5. The first-order valence-corrected chi connectivity index (χ1v) is 6.12. The second-order valence-electron chi connectivity index (χ2n) is 5.98. The summed E-state index contributed by atoms with van der Waals surface area (Å²) in [6, 6.07) is 0. The third-order valence-corrected chi connectivity index (χ3v) is 3.97. The Hall–Kier alpha value is -0.0400. The van der Waals surface area contributed by atoms with Crippen molar-refractivity contribution in [1.82, 2.24) is 0 Å². The number of hydrogen-bond donors (Lipinski definition) is 1. The van der Waals surface area contributed by atoms with E-state index in [2.05, 4.69) is 27.7 Å². The summed E-state index contributed by atoms with van der Waals surface area (Å²) >= 11 is 0. The highest BCUT2D eigenvalue weighted by atomic mass is 16.3. The molecule has 0 aliphatic heterocycles. The molecule has 2 unspecified atom stereocenters. The Morgan fingerprint density at radius 2 is 1.93 bits per heavy atom. The van der Waals surface area contributed by atoms with E-state index in [4.69, 9.17) is 0 Å². The number of aliphatic hydroxyl groups is 1. The Morgan fingerprint density at radius 1 is 1.29 bits per heavy atom. The molecule has 14 heavy (non-hydrogen) atoms. The highest BCUT2D eigenvalue weighted by Crippen LogP contribution is 2.45. The first-order valence-electron chi connectivity index (χ1n) is 6.12. The number of rotatable bonds is 3. The molecule has 2 atom stereocenters. The van der Waals surface area contributed by atoms with Gasteiger partial charge in [-0.15, -0.1) is 0 Å². The van der Waals surface area contributed by atoms with Gasteiger partial charge in [0.2, 0.25) is 0 Å². The van der Waals surface area contributed by atoms with Gasteiger partial charge in [0, 0.05) is 0 Å². The van der Waals surface area contributed by atoms with Crippen molar-refractivity contribution in [2.24, 2.45) is 11.3 Å².